The van der Waals surface area contributed by atoms with Gasteiger partial charge in [-0.3, -0.25) is 0 Å². The van der Waals surface area contributed by atoms with Crippen LogP contribution in [0.5, 0.6) is 0 Å². The summed E-state index contributed by atoms with van der Waals surface area (Å²) in [4.78, 5) is 0.304. The van der Waals surface area contributed by atoms with Gasteiger partial charge in [-0.25, -0.2) is 8.42 Å². The largest absolute Gasteiger partial charge is 0.409 e. The minimum absolute atomic E-state index is 0.0135. The van der Waals surface area contributed by atoms with Gasteiger partial charge in [0.2, 0.25) is 10.0 Å². The molecule has 1 aromatic rings. The molecule has 7 heteroatoms. The number of hydrogen-bond donors (Lipinski definition) is 2. The van der Waals surface area contributed by atoms with E-state index in [0.29, 0.717) is 17.0 Å². The molecule has 0 saturated heterocycles. The molecule has 0 aliphatic carbocycles. The number of nitrogens with two attached hydrogens (primary N) is 1. The van der Waals surface area contributed by atoms with Gasteiger partial charge >= 0.3 is 0 Å². The minimum Gasteiger partial charge on any atom is -0.409 e. The lowest BCUT2D eigenvalue weighted by Crippen LogP contribution is -2.34. The number of amidine groups is 1. The molecule has 1 aromatic carbocycles. The van der Waals surface area contributed by atoms with Crippen molar-refractivity contribution in [3.63, 3.8) is 0 Å². The summed E-state index contributed by atoms with van der Waals surface area (Å²) in [5, 5.41) is 11.4. The van der Waals surface area contributed by atoms with Crippen LogP contribution >= 0.6 is 0 Å². The van der Waals surface area contributed by atoms with Crippen molar-refractivity contribution >= 4 is 15.9 Å². The van der Waals surface area contributed by atoms with Gasteiger partial charge in [0, 0.05) is 19.5 Å². The van der Waals surface area contributed by atoms with Crippen LogP contribution in [0.3, 0.4) is 0 Å². The van der Waals surface area contributed by atoms with Gasteiger partial charge in [-0.15, -0.1) is 0 Å². The lowest BCUT2D eigenvalue weighted by atomic mass is 10.2. The second-order valence-corrected chi connectivity index (χ2v) is 6.51. The van der Waals surface area contributed by atoms with Crippen molar-refractivity contribution in [1.82, 2.24) is 4.31 Å². The first-order valence-electron chi connectivity index (χ1n) is 6.36. The SMILES string of the molecule is CCN(CCC(N)=NO)S(=O)(=O)c1cc(C)ccc1C. The Labute approximate surface area is 119 Å². The Hall–Kier alpha value is -1.60. The summed E-state index contributed by atoms with van der Waals surface area (Å²) < 4.78 is 26.6. The first-order chi connectivity index (χ1) is 9.32. The van der Waals surface area contributed by atoms with E-state index in [0.717, 1.165) is 5.56 Å². The van der Waals surface area contributed by atoms with E-state index in [1.54, 1.807) is 26.0 Å². The molecular weight excluding hydrogens is 278 g/mol. The number of oxime groups is 1. The lowest BCUT2D eigenvalue weighted by Gasteiger charge is -2.21. The number of benzene rings is 1. The van der Waals surface area contributed by atoms with Crippen LogP contribution in [-0.4, -0.2) is 36.9 Å². The molecular formula is C13H21N3O3S. The van der Waals surface area contributed by atoms with E-state index < -0.39 is 10.0 Å². The van der Waals surface area contributed by atoms with Crippen molar-refractivity contribution in [1.29, 1.82) is 0 Å². The Bertz CT molecular complexity index is 597. The molecule has 20 heavy (non-hydrogen) atoms. The normalized spacial score (nSPS) is 12.9. The van der Waals surface area contributed by atoms with E-state index >= 15 is 0 Å². The third-order valence-corrected chi connectivity index (χ3v) is 5.18. The highest BCUT2D eigenvalue weighted by molar-refractivity contribution is 7.89. The summed E-state index contributed by atoms with van der Waals surface area (Å²) in [7, 11) is -3.57. The number of sulfonamides is 1. The molecule has 112 valence electrons. The maximum absolute atomic E-state index is 12.6. The van der Waals surface area contributed by atoms with E-state index in [-0.39, 0.29) is 18.8 Å². The van der Waals surface area contributed by atoms with E-state index in [1.165, 1.54) is 4.31 Å². The Morgan fingerprint density at radius 1 is 1.40 bits per heavy atom. The fraction of sp³-hybridized carbons (Fsp3) is 0.462. The van der Waals surface area contributed by atoms with Crippen molar-refractivity contribution in [3.05, 3.63) is 29.3 Å². The Morgan fingerprint density at radius 3 is 2.60 bits per heavy atom. The molecule has 0 aliphatic rings. The fourth-order valence-electron chi connectivity index (χ4n) is 1.86. The Kier molecular flexibility index (Phi) is 5.52. The van der Waals surface area contributed by atoms with Crippen molar-refractivity contribution in [2.24, 2.45) is 10.9 Å². The molecule has 0 radical (unpaired) electrons. The quantitative estimate of drug-likeness (QED) is 0.359. The molecule has 0 unspecified atom stereocenters. The zero-order valence-corrected chi connectivity index (χ0v) is 12.8. The van der Waals surface area contributed by atoms with Crippen LogP contribution in [0.15, 0.2) is 28.3 Å². The van der Waals surface area contributed by atoms with Crippen molar-refractivity contribution in [2.45, 2.75) is 32.1 Å². The standard InChI is InChI=1S/C13H21N3O3S/c1-4-16(8-7-13(14)15-17)20(18,19)12-9-10(2)5-6-11(12)3/h5-6,9,17H,4,7-8H2,1-3H3,(H2,14,15). The van der Waals surface area contributed by atoms with Crippen molar-refractivity contribution < 1.29 is 13.6 Å². The van der Waals surface area contributed by atoms with Crippen LogP contribution in [0.1, 0.15) is 24.5 Å². The maximum Gasteiger partial charge on any atom is 0.243 e. The number of rotatable bonds is 6. The van der Waals surface area contributed by atoms with Crippen molar-refractivity contribution in [2.75, 3.05) is 13.1 Å². The number of hydrogen-bond acceptors (Lipinski definition) is 4. The first-order valence-corrected chi connectivity index (χ1v) is 7.80. The van der Waals surface area contributed by atoms with E-state index in [1.807, 2.05) is 13.0 Å². The molecule has 0 aliphatic heterocycles. The van der Waals surface area contributed by atoms with Gasteiger partial charge in [-0.2, -0.15) is 4.31 Å². The molecule has 0 saturated carbocycles. The van der Waals surface area contributed by atoms with Crippen molar-refractivity contribution in [3.8, 4) is 0 Å². The zero-order valence-electron chi connectivity index (χ0n) is 12.0. The summed E-state index contributed by atoms with van der Waals surface area (Å²) in [5.74, 6) is 0.0135. The average Bonchev–Trinajstić information content (AvgIpc) is 2.41. The molecule has 0 fully saturated rings. The fourth-order valence-corrected chi connectivity index (χ4v) is 3.62. The molecule has 0 heterocycles. The third kappa shape index (κ3) is 3.71. The van der Waals surface area contributed by atoms with E-state index in [4.69, 9.17) is 10.9 Å². The van der Waals surface area contributed by atoms with Crippen LogP contribution in [0, 0.1) is 13.8 Å². The van der Waals surface area contributed by atoms with Gasteiger partial charge in [-0.05, 0) is 31.0 Å². The van der Waals surface area contributed by atoms with Crippen LogP contribution in [-0.2, 0) is 10.0 Å². The summed E-state index contributed by atoms with van der Waals surface area (Å²) in [6, 6.07) is 5.33. The van der Waals surface area contributed by atoms with Gasteiger partial charge in [0.15, 0.2) is 0 Å². The van der Waals surface area contributed by atoms with Crippen LogP contribution < -0.4 is 5.73 Å². The second kappa shape index (κ2) is 6.71. The summed E-state index contributed by atoms with van der Waals surface area (Å²) in [6.07, 6.45) is 0.189. The third-order valence-electron chi connectivity index (χ3n) is 3.06. The minimum atomic E-state index is -3.57. The predicted molar refractivity (Wildman–Crippen MR) is 78.4 cm³/mol. The van der Waals surface area contributed by atoms with Crippen LogP contribution in [0.25, 0.3) is 0 Å². The number of aryl methyl sites for hydroxylation is 2. The molecule has 0 aromatic heterocycles. The molecule has 1 rings (SSSR count). The summed E-state index contributed by atoms with van der Waals surface area (Å²) in [6.45, 7) is 5.89. The smallest absolute Gasteiger partial charge is 0.243 e. The van der Waals surface area contributed by atoms with Gasteiger partial charge in [0.25, 0.3) is 0 Å². The molecule has 0 bridgehead atoms. The highest BCUT2D eigenvalue weighted by atomic mass is 32.2. The van der Waals surface area contributed by atoms with Crippen LogP contribution in [0.4, 0.5) is 0 Å². The van der Waals surface area contributed by atoms with Gasteiger partial charge in [0.05, 0.1) is 4.90 Å². The van der Waals surface area contributed by atoms with Gasteiger partial charge in [-0.1, -0.05) is 24.2 Å². The second-order valence-electron chi connectivity index (χ2n) is 4.61. The van der Waals surface area contributed by atoms with E-state index in [2.05, 4.69) is 5.16 Å². The zero-order chi connectivity index (χ0) is 15.3. The van der Waals surface area contributed by atoms with E-state index in [9.17, 15) is 8.42 Å². The average molecular weight is 299 g/mol. The highest BCUT2D eigenvalue weighted by Crippen LogP contribution is 2.21. The summed E-state index contributed by atoms with van der Waals surface area (Å²) >= 11 is 0. The predicted octanol–water partition coefficient (Wildman–Crippen LogP) is 1.45. The number of nitrogens with zero attached hydrogens (tertiary/aromatic N) is 2. The highest BCUT2D eigenvalue weighted by Gasteiger charge is 2.24. The van der Waals surface area contributed by atoms with Gasteiger partial charge in [0.1, 0.15) is 5.84 Å². The molecule has 0 spiro atoms. The molecule has 0 atom stereocenters. The Balaban J connectivity index is 3.09. The molecule has 0 amide bonds. The van der Waals surface area contributed by atoms with Gasteiger partial charge < -0.3 is 10.9 Å². The molecule has 6 nitrogen and oxygen atoms in total. The first kappa shape index (κ1) is 16.5. The monoisotopic (exact) mass is 299 g/mol. The lowest BCUT2D eigenvalue weighted by molar-refractivity contribution is 0.315. The van der Waals surface area contributed by atoms with Crippen LogP contribution in [0.2, 0.25) is 0 Å². The topological polar surface area (TPSA) is 96.0 Å². The summed E-state index contributed by atoms with van der Waals surface area (Å²) in [5.41, 5.74) is 6.99. The Morgan fingerprint density at radius 2 is 2.05 bits per heavy atom. The molecule has 3 N–H and O–H groups in total. The maximum atomic E-state index is 12.6.